The number of nitrogens with two attached hydrogens (primary N) is 1. The van der Waals surface area contributed by atoms with E-state index >= 15 is 0 Å². The second-order valence-corrected chi connectivity index (χ2v) is 11.2. The van der Waals surface area contributed by atoms with Gasteiger partial charge in [0.1, 0.15) is 0 Å². The number of non-ortho nitro benzene ring substituents is 1. The Balaban J connectivity index is 1.47. The molecule has 0 saturated heterocycles. The zero-order valence-corrected chi connectivity index (χ0v) is 23.5. The van der Waals surface area contributed by atoms with E-state index in [1.807, 2.05) is 31.2 Å². The van der Waals surface area contributed by atoms with Crippen LogP contribution in [0, 0.1) is 28.9 Å². The van der Waals surface area contributed by atoms with E-state index in [-0.39, 0.29) is 29.5 Å². The van der Waals surface area contributed by atoms with Crippen molar-refractivity contribution in [1.82, 2.24) is 5.32 Å². The molecule has 0 spiro atoms. The van der Waals surface area contributed by atoms with E-state index in [2.05, 4.69) is 10.6 Å². The van der Waals surface area contributed by atoms with Crippen LogP contribution in [-0.2, 0) is 4.79 Å². The van der Waals surface area contributed by atoms with Crippen LogP contribution in [-0.4, -0.2) is 35.7 Å². The molecule has 1 heterocycles. The number of hydrogen-bond donors (Lipinski definition) is 3. The van der Waals surface area contributed by atoms with E-state index in [1.165, 1.54) is 29.2 Å². The quantitative estimate of drug-likeness (QED) is 0.265. The number of carbonyl (C=O) groups excluding carboxylic acids is 3. The molecular formula is C32H35N5O5. The van der Waals surface area contributed by atoms with Gasteiger partial charge in [-0.05, 0) is 80.5 Å². The number of aryl methyl sites for hydroxylation is 1. The number of nitro groups is 1. The molecular weight excluding hydrogens is 534 g/mol. The third kappa shape index (κ3) is 6.33. The SMILES string of the molecule is Cc1ccc(C2CC(=O)Nc3cc(C(=O)NCC4CCCC(CN)C4)ccc3N2C(=O)c2ccc([N+](=O)[O-])cc2)cc1. The molecule has 0 radical (unpaired) electrons. The van der Waals surface area contributed by atoms with Crippen molar-refractivity contribution in [1.29, 1.82) is 0 Å². The molecule has 4 N–H and O–H groups in total. The first-order valence-electron chi connectivity index (χ1n) is 14.3. The number of amides is 3. The molecule has 5 rings (SSSR count). The molecule has 3 aromatic rings. The van der Waals surface area contributed by atoms with E-state index in [0.29, 0.717) is 41.9 Å². The Morgan fingerprint density at radius 3 is 2.40 bits per heavy atom. The minimum atomic E-state index is -0.643. The Morgan fingerprint density at radius 1 is 1.02 bits per heavy atom. The predicted molar refractivity (Wildman–Crippen MR) is 160 cm³/mol. The Bertz CT molecular complexity index is 1490. The molecule has 10 nitrogen and oxygen atoms in total. The largest absolute Gasteiger partial charge is 0.352 e. The summed E-state index contributed by atoms with van der Waals surface area (Å²) in [6.07, 6.45) is 4.27. The summed E-state index contributed by atoms with van der Waals surface area (Å²) < 4.78 is 0. The van der Waals surface area contributed by atoms with Crippen molar-refractivity contribution in [3.8, 4) is 0 Å². The number of nitrogens with one attached hydrogen (secondary N) is 2. The van der Waals surface area contributed by atoms with Gasteiger partial charge in [0, 0.05) is 29.8 Å². The summed E-state index contributed by atoms with van der Waals surface area (Å²) in [6, 6.07) is 17.3. The lowest BCUT2D eigenvalue weighted by Gasteiger charge is -2.31. The lowest BCUT2D eigenvalue weighted by atomic mass is 9.81. The zero-order valence-electron chi connectivity index (χ0n) is 23.5. The fraction of sp³-hybridized carbons (Fsp3) is 0.344. The van der Waals surface area contributed by atoms with Crippen molar-refractivity contribution in [2.75, 3.05) is 23.3 Å². The average molecular weight is 570 g/mol. The van der Waals surface area contributed by atoms with Gasteiger partial charge in [0.05, 0.1) is 28.8 Å². The molecule has 1 saturated carbocycles. The summed E-state index contributed by atoms with van der Waals surface area (Å²) in [4.78, 5) is 52.5. The van der Waals surface area contributed by atoms with E-state index in [4.69, 9.17) is 5.73 Å². The molecule has 218 valence electrons. The van der Waals surface area contributed by atoms with Gasteiger partial charge in [0.25, 0.3) is 17.5 Å². The van der Waals surface area contributed by atoms with E-state index in [9.17, 15) is 24.5 Å². The number of benzene rings is 3. The van der Waals surface area contributed by atoms with Crippen LogP contribution in [0.25, 0.3) is 0 Å². The zero-order chi connectivity index (χ0) is 29.8. The fourth-order valence-corrected chi connectivity index (χ4v) is 5.94. The monoisotopic (exact) mass is 569 g/mol. The van der Waals surface area contributed by atoms with Gasteiger partial charge in [0.2, 0.25) is 5.91 Å². The highest BCUT2D eigenvalue weighted by Crippen LogP contribution is 2.40. The summed E-state index contributed by atoms with van der Waals surface area (Å²) in [6.45, 7) is 3.17. The molecule has 0 bridgehead atoms. The van der Waals surface area contributed by atoms with Crippen LogP contribution in [0.5, 0.6) is 0 Å². The van der Waals surface area contributed by atoms with Crippen molar-refractivity contribution in [2.24, 2.45) is 17.6 Å². The van der Waals surface area contributed by atoms with Crippen molar-refractivity contribution < 1.29 is 19.3 Å². The summed E-state index contributed by atoms with van der Waals surface area (Å²) in [5.41, 5.74) is 8.93. The van der Waals surface area contributed by atoms with Gasteiger partial charge in [-0.15, -0.1) is 0 Å². The Kier molecular flexibility index (Phi) is 8.63. The molecule has 3 unspecified atom stereocenters. The molecule has 42 heavy (non-hydrogen) atoms. The van der Waals surface area contributed by atoms with Gasteiger partial charge in [-0.25, -0.2) is 0 Å². The van der Waals surface area contributed by atoms with E-state index in [0.717, 1.165) is 36.8 Å². The molecule has 3 amide bonds. The third-order valence-corrected chi connectivity index (χ3v) is 8.26. The topological polar surface area (TPSA) is 148 Å². The predicted octanol–water partition coefficient (Wildman–Crippen LogP) is 5.13. The third-order valence-electron chi connectivity index (χ3n) is 8.26. The lowest BCUT2D eigenvalue weighted by molar-refractivity contribution is -0.384. The van der Waals surface area contributed by atoms with E-state index in [1.54, 1.807) is 18.2 Å². The minimum absolute atomic E-state index is 0.0119. The second-order valence-electron chi connectivity index (χ2n) is 11.2. The molecule has 10 heteroatoms. The summed E-state index contributed by atoms with van der Waals surface area (Å²) in [5.74, 6) is -0.106. The van der Waals surface area contributed by atoms with Crippen LogP contribution in [0.1, 0.15) is 70.0 Å². The van der Waals surface area contributed by atoms with Crippen LogP contribution < -0.4 is 21.3 Å². The Morgan fingerprint density at radius 2 is 1.71 bits per heavy atom. The van der Waals surface area contributed by atoms with Crippen LogP contribution in [0.15, 0.2) is 66.7 Å². The maximum Gasteiger partial charge on any atom is 0.269 e. The van der Waals surface area contributed by atoms with Crippen LogP contribution in [0.2, 0.25) is 0 Å². The Labute approximate surface area is 244 Å². The molecule has 1 aliphatic heterocycles. The molecule has 3 atom stereocenters. The van der Waals surface area contributed by atoms with Gasteiger partial charge in [-0.1, -0.05) is 36.2 Å². The van der Waals surface area contributed by atoms with Crippen molar-refractivity contribution in [2.45, 2.75) is 45.1 Å². The van der Waals surface area contributed by atoms with Gasteiger partial charge in [-0.3, -0.25) is 29.4 Å². The lowest BCUT2D eigenvalue weighted by Crippen LogP contribution is -2.35. The van der Waals surface area contributed by atoms with E-state index < -0.39 is 16.9 Å². The highest BCUT2D eigenvalue weighted by Gasteiger charge is 2.35. The normalized spacial score (nSPS) is 20.2. The van der Waals surface area contributed by atoms with Crippen LogP contribution in [0.4, 0.5) is 17.1 Å². The average Bonchev–Trinajstić information content (AvgIpc) is 3.15. The number of nitrogens with zero attached hydrogens (tertiary/aromatic N) is 2. The number of carbonyl (C=O) groups is 3. The number of nitro benzene ring substituents is 1. The highest BCUT2D eigenvalue weighted by molar-refractivity contribution is 6.12. The van der Waals surface area contributed by atoms with Gasteiger partial charge >= 0.3 is 0 Å². The first-order valence-corrected chi connectivity index (χ1v) is 14.3. The highest BCUT2D eigenvalue weighted by atomic mass is 16.6. The number of rotatable bonds is 7. The van der Waals surface area contributed by atoms with Crippen molar-refractivity contribution in [3.63, 3.8) is 0 Å². The minimum Gasteiger partial charge on any atom is -0.352 e. The van der Waals surface area contributed by atoms with Gasteiger partial charge in [-0.2, -0.15) is 0 Å². The van der Waals surface area contributed by atoms with Gasteiger partial charge < -0.3 is 16.4 Å². The second kappa shape index (κ2) is 12.5. The van der Waals surface area contributed by atoms with Gasteiger partial charge in [0.15, 0.2) is 0 Å². The number of hydrogen-bond acceptors (Lipinski definition) is 6. The fourth-order valence-electron chi connectivity index (χ4n) is 5.94. The maximum absolute atomic E-state index is 14.0. The molecule has 0 aromatic heterocycles. The number of anilines is 2. The van der Waals surface area contributed by atoms with Crippen molar-refractivity contribution >= 4 is 34.8 Å². The molecule has 2 aliphatic rings. The van der Waals surface area contributed by atoms with Crippen LogP contribution >= 0.6 is 0 Å². The van der Waals surface area contributed by atoms with Crippen LogP contribution in [0.3, 0.4) is 0 Å². The standard InChI is InChI=1S/C32H35N5O5/c1-20-5-7-23(8-6-20)29-17-30(38)35-27-16-25(31(39)34-19-22-4-2-3-21(15-22)18-33)11-14-28(27)36(29)32(40)24-9-12-26(13-10-24)37(41)42/h5-14,16,21-22,29H,2-4,15,17-19,33H2,1H3,(H,34,39)(H,35,38). The molecule has 1 fully saturated rings. The van der Waals surface area contributed by atoms with Crippen molar-refractivity contribution in [3.05, 3.63) is 99.1 Å². The number of fused-ring (bicyclic) bond motifs is 1. The maximum atomic E-state index is 14.0. The Hall–Kier alpha value is -4.57. The summed E-state index contributed by atoms with van der Waals surface area (Å²) in [7, 11) is 0. The smallest absolute Gasteiger partial charge is 0.269 e. The first-order chi connectivity index (χ1) is 20.2. The summed E-state index contributed by atoms with van der Waals surface area (Å²) >= 11 is 0. The summed E-state index contributed by atoms with van der Waals surface area (Å²) in [5, 5.41) is 17.1. The molecule has 1 aliphatic carbocycles. The molecule has 3 aromatic carbocycles. The first kappa shape index (κ1) is 28.9.